The summed E-state index contributed by atoms with van der Waals surface area (Å²) in [5.74, 6) is 0. The molecule has 0 fully saturated rings. The molecule has 0 radical (unpaired) electrons. The molecule has 0 aromatic heterocycles. The molecule has 102 valence electrons. The molecule has 0 heterocycles. The first-order chi connectivity index (χ1) is 8.81. The van der Waals surface area contributed by atoms with Crippen LogP contribution in [-0.4, -0.2) is 11.7 Å². The first-order valence-corrected chi connectivity index (χ1v) is 6.73. The number of hydrogen-bond acceptors (Lipinski definition) is 3. The summed E-state index contributed by atoms with van der Waals surface area (Å²) >= 11 is 3.35. The van der Waals surface area contributed by atoms with Gasteiger partial charge in [0.2, 0.25) is 0 Å². The van der Waals surface area contributed by atoms with E-state index in [0.29, 0.717) is 0 Å². The molecule has 19 heavy (non-hydrogen) atoms. The minimum absolute atomic E-state index is 0.195. The maximum atomic E-state index is 11.7. The van der Waals surface area contributed by atoms with E-state index in [-0.39, 0.29) is 12.5 Å². The molecule has 1 amide bonds. The van der Waals surface area contributed by atoms with Crippen LogP contribution in [0.25, 0.3) is 0 Å². The minimum atomic E-state index is -0.555. The summed E-state index contributed by atoms with van der Waals surface area (Å²) in [4.78, 5) is 11.7. The second-order valence-corrected chi connectivity index (χ2v) is 6.03. The zero-order valence-electron chi connectivity index (χ0n) is 11.2. The van der Waals surface area contributed by atoms with E-state index in [4.69, 9.17) is 10.00 Å². The van der Waals surface area contributed by atoms with E-state index in [2.05, 4.69) is 27.3 Å². The van der Waals surface area contributed by atoms with Crippen LogP contribution < -0.4 is 5.32 Å². The predicted octanol–water partition coefficient (Wildman–Crippen LogP) is 3.93. The monoisotopic (exact) mass is 324 g/mol. The van der Waals surface area contributed by atoms with E-state index in [0.717, 1.165) is 10.0 Å². The number of hydrogen-bond donors (Lipinski definition) is 1. The van der Waals surface area contributed by atoms with Crippen LogP contribution in [-0.2, 0) is 4.74 Å². The Balaban J connectivity index is 2.76. The van der Waals surface area contributed by atoms with Crippen LogP contribution in [0.4, 0.5) is 4.79 Å². The molecule has 0 aliphatic heterocycles. The van der Waals surface area contributed by atoms with Gasteiger partial charge < -0.3 is 10.1 Å². The lowest BCUT2D eigenvalue weighted by molar-refractivity contribution is 0.0504. The van der Waals surface area contributed by atoms with Crippen molar-refractivity contribution >= 4 is 22.0 Å². The van der Waals surface area contributed by atoms with Crippen LogP contribution in [0.2, 0.25) is 0 Å². The van der Waals surface area contributed by atoms with Crippen molar-refractivity contribution in [1.82, 2.24) is 5.32 Å². The van der Waals surface area contributed by atoms with Crippen LogP contribution in [0, 0.1) is 11.3 Å². The Kier molecular flexibility index (Phi) is 5.37. The van der Waals surface area contributed by atoms with Crippen LogP contribution >= 0.6 is 15.9 Å². The van der Waals surface area contributed by atoms with Crippen molar-refractivity contribution in [2.24, 2.45) is 0 Å². The third-order valence-corrected chi connectivity index (χ3v) is 2.79. The van der Waals surface area contributed by atoms with Gasteiger partial charge in [0.1, 0.15) is 5.60 Å². The SMILES string of the molecule is CC(C)(C)OC(=O)NC(CC#N)c1ccc(Br)cc1. The Morgan fingerprint density at radius 3 is 2.47 bits per heavy atom. The van der Waals surface area contributed by atoms with Crippen molar-refractivity contribution in [1.29, 1.82) is 5.26 Å². The van der Waals surface area contributed by atoms with Crippen LogP contribution in [0.15, 0.2) is 28.7 Å². The van der Waals surface area contributed by atoms with Gasteiger partial charge in [0.15, 0.2) is 0 Å². The molecule has 0 saturated heterocycles. The van der Waals surface area contributed by atoms with Gasteiger partial charge in [-0.25, -0.2) is 4.79 Å². The number of ether oxygens (including phenoxy) is 1. The highest BCUT2D eigenvalue weighted by Gasteiger charge is 2.20. The van der Waals surface area contributed by atoms with Gasteiger partial charge in [-0.3, -0.25) is 0 Å². The van der Waals surface area contributed by atoms with E-state index in [1.165, 1.54) is 0 Å². The molecular formula is C14H17BrN2O2. The fourth-order valence-electron chi connectivity index (χ4n) is 1.49. The average molecular weight is 325 g/mol. The normalized spacial score (nSPS) is 12.4. The third kappa shape index (κ3) is 5.75. The van der Waals surface area contributed by atoms with E-state index >= 15 is 0 Å². The molecule has 0 saturated carbocycles. The highest BCUT2D eigenvalue weighted by molar-refractivity contribution is 9.10. The number of amides is 1. The van der Waals surface area contributed by atoms with Gasteiger partial charge in [-0.15, -0.1) is 0 Å². The van der Waals surface area contributed by atoms with Crippen molar-refractivity contribution in [3.8, 4) is 6.07 Å². The van der Waals surface area contributed by atoms with E-state index in [1.807, 2.05) is 24.3 Å². The summed E-state index contributed by atoms with van der Waals surface area (Å²) in [6.45, 7) is 5.39. The lowest BCUT2D eigenvalue weighted by atomic mass is 10.0. The highest BCUT2D eigenvalue weighted by atomic mass is 79.9. The molecule has 0 aliphatic carbocycles. The van der Waals surface area contributed by atoms with Crippen molar-refractivity contribution in [2.75, 3.05) is 0 Å². The quantitative estimate of drug-likeness (QED) is 0.916. The fraction of sp³-hybridized carbons (Fsp3) is 0.429. The largest absolute Gasteiger partial charge is 0.444 e. The van der Waals surface area contributed by atoms with Crippen molar-refractivity contribution in [2.45, 2.75) is 38.8 Å². The molecule has 1 rings (SSSR count). The summed E-state index contributed by atoms with van der Waals surface area (Å²) in [5.41, 5.74) is 0.316. The van der Waals surface area contributed by atoms with Crippen molar-refractivity contribution in [3.05, 3.63) is 34.3 Å². The predicted molar refractivity (Wildman–Crippen MR) is 76.5 cm³/mol. The summed E-state index contributed by atoms with van der Waals surface area (Å²) in [6.07, 6.45) is -0.323. The molecular weight excluding hydrogens is 308 g/mol. The number of nitrogens with one attached hydrogen (secondary N) is 1. The van der Waals surface area contributed by atoms with Gasteiger partial charge in [0.25, 0.3) is 0 Å². The molecule has 1 unspecified atom stereocenters. The molecule has 0 aliphatic rings. The third-order valence-electron chi connectivity index (χ3n) is 2.26. The number of rotatable bonds is 3. The van der Waals surface area contributed by atoms with Crippen LogP contribution in [0.3, 0.4) is 0 Å². The van der Waals surface area contributed by atoms with Gasteiger partial charge in [-0.05, 0) is 38.5 Å². The fourth-order valence-corrected chi connectivity index (χ4v) is 1.75. The summed E-state index contributed by atoms with van der Waals surface area (Å²) in [7, 11) is 0. The molecule has 1 atom stereocenters. The maximum absolute atomic E-state index is 11.7. The van der Waals surface area contributed by atoms with Gasteiger partial charge in [-0.2, -0.15) is 5.26 Å². The summed E-state index contributed by atoms with van der Waals surface area (Å²) in [6, 6.07) is 9.17. The average Bonchev–Trinajstić information content (AvgIpc) is 2.27. The Labute approximate surface area is 121 Å². The number of nitriles is 1. The summed E-state index contributed by atoms with van der Waals surface area (Å²) < 4.78 is 6.14. The second kappa shape index (κ2) is 6.58. The Bertz CT molecular complexity index is 472. The number of nitrogens with zero attached hydrogens (tertiary/aromatic N) is 1. The van der Waals surface area contributed by atoms with E-state index < -0.39 is 11.7 Å². The zero-order valence-corrected chi connectivity index (χ0v) is 12.8. The highest BCUT2D eigenvalue weighted by Crippen LogP contribution is 2.20. The van der Waals surface area contributed by atoms with Gasteiger partial charge in [0, 0.05) is 4.47 Å². The second-order valence-electron chi connectivity index (χ2n) is 5.11. The van der Waals surface area contributed by atoms with Crippen LogP contribution in [0.5, 0.6) is 0 Å². The molecule has 5 heteroatoms. The van der Waals surface area contributed by atoms with Gasteiger partial charge >= 0.3 is 6.09 Å². The topological polar surface area (TPSA) is 62.1 Å². The van der Waals surface area contributed by atoms with Crippen molar-refractivity contribution in [3.63, 3.8) is 0 Å². The Hall–Kier alpha value is -1.54. The molecule has 1 aromatic rings. The maximum Gasteiger partial charge on any atom is 0.408 e. The molecule has 4 nitrogen and oxygen atoms in total. The number of halogens is 1. The molecule has 1 aromatic carbocycles. The van der Waals surface area contributed by atoms with E-state index in [9.17, 15) is 4.79 Å². The Morgan fingerprint density at radius 2 is 2.00 bits per heavy atom. The summed E-state index contributed by atoms with van der Waals surface area (Å²) in [5, 5.41) is 11.6. The number of carbonyl (C=O) groups is 1. The lowest BCUT2D eigenvalue weighted by Gasteiger charge is -2.22. The first-order valence-electron chi connectivity index (χ1n) is 5.94. The van der Waals surface area contributed by atoms with Gasteiger partial charge in [0.05, 0.1) is 18.5 Å². The molecule has 0 bridgehead atoms. The smallest absolute Gasteiger partial charge is 0.408 e. The zero-order chi connectivity index (χ0) is 14.5. The molecule has 0 spiro atoms. The first kappa shape index (κ1) is 15.5. The standard InChI is InChI=1S/C14H17BrN2O2/c1-14(2,3)19-13(18)17-12(8-9-16)10-4-6-11(15)7-5-10/h4-7,12H,8H2,1-3H3,(H,17,18). The van der Waals surface area contributed by atoms with Gasteiger partial charge in [-0.1, -0.05) is 28.1 Å². The van der Waals surface area contributed by atoms with Crippen LogP contribution in [0.1, 0.15) is 38.8 Å². The lowest BCUT2D eigenvalue weighted by Crippen LogP contribution is -2.34. The Morgan fingerprint density at radius 1 is 1.42 bits per heavy atom. The minimum Gasteiger partial charge on any atom is -0.444 e. The molecule has 1 N–H and O–H groups in total. The number of carbonyl (C=O) groups excluding carboxylic acids is 1. The number of alkyl carbamates (subject to hydrolysis) is 1. The van der Waals surface area contributed by atoms with E-state index in [1.54, 1.807) is 20.8 Å². The van der Waals surface area contributed by atoms with Crippen molar-refractivity contribution < 1.29 is 9.53 Å². The number of benzene rings is 1.